The first-order chi connectivity index (χ1) is 9.66. The van der Waals surface area contributed by atoms with Crippen molar-refractivity contribution in [3.8, 4) is 11.6 Å². The molecule has 1 aromatic heterocycles. The van der Waals surface area contributed by atoms with Gasteiger partial charge in [-0.3, -0.25) is 0 Å². The van der Waals surface area contributed by atoms with Crippen molar-refractivity contribution in [1.29, 1.82) is 0 Å². The van der Waals surface area contributed by atoms with Crippen LogP contribution in [0.15, 0.2) is 30.3 Å². The summed E-state index contributed by atoms with van der Waals surface area (Å²) in [5.74, 6) is 1.20. The standard InChI is InChI=1S/C16H18ClNO2/c1-3-12-9-14(5-6-15(12)17)20-16-8-11(10-19)7-13(4-2)18-16/h5-9,19H,3-4,10H2,1-2H3. The van der Waals surface area contributed by atoms with Gasteiger partial charge in [-0.25, -0.2) is 4.98 Å². The minimum absolute atomic E-state index is 0.0211. The van der Waals surface area contributed by atoms with Crippen molar-refractivity contribution in [2.24, 2.45) is 0 Å². The Morgan fingerprint density at radius 3 is 2.60 bits per heavy atom. The molecule has 0 aliphatic carbocycles. The number of halogens is 1. The highest BCUT2D eigenvalue weighted by atomic mass is 35.5. The van der Waals surface area contributed by atoms with Crippen LogP contribution in [0.5, 0.6) is 11.6 Å². The van der Waals surface area contributed by atoms with E-state index in [1.54, 1.807) is 6.07 Å². The number of benzene rings is 1. The summed E-state index contributed by atoms with van der Waals surface area (Å²) >= 11 is 6.09. The van der Waals surface area contributed by atoms with Gasteiger partial charge >= 0.3 is 0 Å². The summed E-state index contributed by atoms with van der Waals surface area (Å²) in [6.45, 7) is 4.04. The maximum atomic E-state index is 9.27. The Balaban J connectivity index is 2.29. The van der Waals surface area contributed by atoms with Crippen LogP contribution in [0.25, 0.3) is 0 Å². The Labute approximate surface area is 124 Å². The van der Waals surface area contributed by atoms with E-state index in [1.807, 2.05) is 38.1 Å². The van der Waals surface area contributed by atoms with Crippen LogP contribution in [-0.2, 0) is 19.4 Å². The van der Waals surface area contributed by atoms with Gasteiger partial charge in [-0.1, -0.05) is 25.4 Å². The maximum absolute atomic E-state index is 9.27. The molecule has 1 heterocycles. The first kappa shape index (κ1) is 14.8. The quantitative estimate of drug-likeness (QED) is 0.900. The van der Waals surface area contributed by atoms with Crippen molar-refractivity contribution >= 4 is 11.6 Å². The molecule has 0 spiro atoms. The summed E-state index contributed by atoms with van der Waals surface area (Å²) in [6.07, 6.45) is 1.64. The Hall–Kier alpha value is -1.58. The van der Waals surface area contributed by atoms with E-state index < -0.39 is 0 Å². The average Bonchev–Trinajstić information content (AvgIpc) is 2.48. The van der Waals surface area contributed by atoms with Crippen LogP contribution in [0.4, 0.5) is 0 Å². The second kappa shape index (κ2) is 6.73. The first-order valence-corrected chi connectivity index (χ1v) is 7.11. The minimum Gasteiger partial charge on any atom is -0.439 e. The van der Waals surface area contributed by atoms with Gasteiger partial charge in [-0.15, -0.1) is 0 Å². The fraction of sp³-hybridized carbons (Fsp3) is 0.312. The first-order valence-electron chi connectivity index (χ1n) is 6.73. The highest BCUT2D eigenvalue weighted by Gasteiger charge is 2.06. The fourth-order valence-electron chi connectivity index (χ4n) is 1.95. The molecule has 0 saturated carbocycles. The van der Waals surface area contributed by atoms with Gasteiger partial charge in [-0.05, 0) is 48.2 Å². The summed E-state index contributed by atoms with van der Waals surface area (Å²) in [5.41, 5.74) is 2.74. The number of hydrogen-bond acceptors (Lipinski definition) is 3. The molecule has 0 fully saturated rings. The lowest BCUT2D eigenvalue weighted by Gasteiger charge is -2.10. The van der Waals surface area contributed by atoms with Crippen LogP contribution >= 0.6 is 11.6 Å². The molecule has 0 radical (unpaired) electrons. The number of aliphatic hydroxyl groups excluding tert-OH is 1. The Kier molecular flexibility index (Phi) is 4.99. The number of nitrogens with zero attached hydrogens (tertiary/aromatic N) is 1. The fourth-order valence-corrected chi connectivity index (χ4v) is 2.20. The van der Waals surface area contributed by atoms with Gasteiger partial charge in [0.1, 0.15) is 5.75 Å². The van der Waals surface area contributed by atoms with E-state index >= 15 is 0 Å². The SMILES string of the molecule is CCc1cc(CO)cc(Oc2ccc(Cl)c(CC)c2)n1. The van der Waals surface area contributed by atoms with Gasteiger partial charge in [-0.2, -0.15) is 0 Å². The number of hydrogen-bond donors (Lipinski definition) is 1. The molecule has 1 N–H and O–H groups in total. The molecule has 4 heteroatoms. The zero-order valence-electron chi connectivity index (χ0n) is 11.7. The molecule has 0 amide bonds. The molecule has 0 saturated heterocycles. The molecular weight excluding hydrogens is 274 g/mol. The van der Waals surface area contributed by atoms with Crippen LogP contribution in [0.2, 0.25) is 5.02 Å². The van der Waals surface area contributed by atoms with Gasteiger partial charge in [0.2, 0.25) is 5.88 Å². The number of aromatic nitrogens is 1. The van der Waals surface area contributed by atoms with Gasteiger partial charge < -0.3 is 9.84 Å². The highest BCUT2D eigenvalue weighted by molar-refractivity contribution is 6.31. The summed E-state index contributed by atoms with van der Waals surface area (Å²) in [5, 5.41) is 10.0. The Bertz CT molecular complexity index is 577. The molecule has 0 aliphatic heterocycles. The van der Waals surface area contributed by atoms with E-state index in [0.717, 1.165) is 34.7 Å². The third-order valence-corrected chi connectivity index (χ3v) is 3.45. The maximum Gasteiger partial charge on any atom is 0.219 e. The second-order valence-electron chi connectivity index (χ2n) is 4.53. The van der Waals surface area contributed by atoms with Crippen LogP contribution in [0.3, 0.4) is 0 Å². The van der Waals surface area contributed by atoms with Crippen molar-refractivity contribution < 1.29 is 9.84 Å². The summed E-state index contributed by atoms with van der Waals surface area (Å²) in [4.78, 5) is 4.41. The molecular formula is C16H18ClNO2. The molecule has 0 aliphatic rings. The van der Waals surface area contributed by atoms with Crippen molar-refractivity contribution in [3.63, 3.8) is 0 Å². The van der Waals surface area contributed by atoms with E-state index in [1.165, 1.54) is 0 Å². The third-order valence-electron chi connectivity index (χ3n) is 3.08. The summed E-state index contributed by atoms with van der Waals surface area (Å²) in [6, 6.07) is 9.19. The van der Waals surface area contributed by atoms with Gasteiger partial charge in [0.15, 0.2) is 0 Å². The lowest BCUT2D eigenvalue weighted by molar-refractivity contribution is 0.281. The lowest BCUT2D eigenvalue weighted by atomic mass is 10.1. The molecule has 1 aromatic carbocycles. The number of aryl methyl sites for hydroxylation is 2. The molecule has 20 heavy (non-hydrogen) atoms. The molecule has 0 atom stereocenters. The molecule has 3 nitrogen and oxygen atoms in total. The minimum atomic E-state index is -0.0211. The smallest absolute Gasteiger partial charge is 0.219 e. The molecule has 0 bridgehead atoms. The monoisotopic (exact) mass is 291 g/mol. The van der Waals surface area contributed by atoms with Gasteiger partial charge in [0.25, 0.3) is 0 Å². The second-order valence-corrected chi connectivity index (χ2v) is 4.93. The molecule has 106 valence electrons. The van der Waals surface area contributed by atoms with Gasteiger partial charge in [0.05, 0.1) is 6.61 Å². The van der Waals surface area contributed by atoms with Crippen LogP contribution < -0.4 is 4.74 Å². The van der Waals surface area contributed by atoms with Gasteiger partial charge in [0, 0.05) is 16.8 Å². The van der Waals surface area contributed by atoms with E-state index in [-0.39, 0.29) is 6.61 Å². The van der Waals surface area contributed by atoms with E-state index in [2.05, 4.69) is 4.98 Å². The number of pyridine rings is 1. The predicted octanol–water partition coefficient (Wildman–Crippen LogP) is 4.14. The topological polar surface area (TPSA) is 42.4 Å². The van der Waals surface area contributed by atoms with E-state index in [4.69, 9.17) is 16.3 Å². The summed E-state index contributed by atoms with van der Waals surface area (Å²) in [7, 11) is 0. The third kappa shape index (κ3) is 3.50. The summed E-state index contributed by atoms with van der Waals surface area (Å²) < 4.78 is 5.78. The molecule has 2 rings (SSSR count). The largest absolute Gasteiger partial charge is 0.439 e. The Morgan fingerprint density at radius 2 is 1.95 bits per heavy atom. The number of ether oxygens (including phenoxy) is 1. The van der Waals surface area contributed by atoms with Crippen molar-refractivity contribution in [2.75, 3.05) is 0 Å². The normalized spacial score (nSPS) is 10.6. The average molecular weight is 292 g/mol. The van der Waals surface area contributed by atoms with Crippen LogP contribution in [0, 0.1) is 0 Å². The molecule has 0 unspecified atom stereocenters. The van der Waals surface area contributed by atoms with Crippen molar-refractivity contribution in [1.82, 2.24) is 4.98 Å². The lowest BCUT2D eigenvalue weighted by Crippen LogP contribution is -1.96. The number of aliphatic hydroxyl groups is 1. The number of rotatable bonds is 5. The van der Waals surface area contributed by atoms with Crippen LogP contribution in [0.1, 0.15) is 30.7 Å². The molecule has 2 aromatic rings. The predicted molar refractivity (Wildman–Crippen MR) is 80.4 cm³/mol. The van der Waals surface area contributed by atoms with Crippen molar-refractivity contribution in [2.45, 2.75) is 33.3 Å². The highest BCUT2D eigenvalue weighted by Crippen LogP contribution is 2.26. The van der Waals surface area contributed by atoms with E-state index in [0.29, 0.717) is 11.6 Å². The zero-order valence-corrected chi connectivity index (χ0v) is 12.4. The van der Waals surface area contributed by atoms with E-state index in [9.17, 15) is 5.11 Å². The Morgan fingerprint density at radius 1 is 1.15 bits per heavy atom. The van der Waals surface area contributed by atoms with Crippen molar-refractivity contribution in [3.05, 3.63) is 52.2 Å². The zero-order chi connectivity index (χ0) is 14.5. The van der Waals surface area contributed by atoms with Crippen LogP contribution in [-0.4, -0.2) is 10.1 Å².